The number of Topliss-reactive ketones (excluding diaryl/α,β-unsaturated/α-hetero) is 1. The van der Waals surface area contributed by atoms with Crippen molar-refractivity contribution in [3.63, 3.8) is 0 Å². The monoisotopic (exact) mass is 330 g/mol. The summed E-state index contributed by atoms with van der Waals surface area (Å²) in [4.78, 5) is 12.5. The highest BCUT2D eigenvalue weighted by Crippen LogP contribution is 2.48. The Labute approximate surface area is 138 Å². The molecule has 1 heterocycles. The molecular formula is C18H18O6. The first-order valence-electron chi connectivity index (χ1n) is 7.47. The molecule has 1 aliphatic heterocycles. The first kappa shape index (κ1) is 16.0. The number of aromatic hydroxyl groups is 3. The Morgan fingerprint density at radius 3 is 2.50 bits per heavy atom. The van der Waals surface area contributed by atoms with Gasteiger partial charge in [0, 0.05) is 16.7 Å². The van der Waals surface area contributed by atoms with Crippen molar-refractivity contribution in [1.82, 2.24) is 0 Å². The summed E-state index contributed by atoms with van der Waals surface area (Å²) < 4.78 is 11.0. The van der Waals surface area contributed by atoms with Crippen LogP contribution < -0.4 is 9.47 Å². The molecule has 0 saturated heterocycles. The van der Waals surface area contributed by atoms with Gasteiger partial charge in [-0.25, -0.2) is 0 Å². The van der Waals surface area contributed by atoms with E-state index in [-0.39, 0.29) is 46.3 Å². The highest BCUT2D eigenvalue weighted by atomic mass is 16.5. The summed E-state index contributed by atoms with van der Waals surface area (Å²) in [6, 6.07) is 4.67. The lowest BCUT2D eigenvalue weighted by molar-refractivity contribution is 0.0839. The number of carbonyl (C=O) groups is 1. The van der Waals surface area contributed by atoms with E-state index in [4.69, 9.17) is 9.47 Å². The number of ether oxygens (including phenoxy) is 2. The SMILES string of the molecule is COc1ccc(O)c([C@@H]2CC(=O)c3c(O)c(C)c(O)c(C)c3O2)c1. The molecule has 0 fully saturated rings. The quantitative estimate of drug-likeness (QED) is 0.783. The first-order valence-corrected chi connectivity index (χ1v) is 7.47. The number of fused-ring (bicyclic) bond motifs is 1. The minimum atomic E-state index is -0.736. The number of ketones is 1. The topological polar surface area (TPSA) is 96.2 Å². The molecule has 6 nitrogen and oxygen atoms in total. The number of phenolic OH excluding ortho intramolecular Hbond substituents is 3. The number of benzene rings is 2. The van der Waals surface area contributed by atoms with Gasteiger partial charge in [-0.2, -0.15) is 0 Å². The minimum Gasteiger partial charge on any atom is -0.508 e. The van der Waals surface area contributed by atoms with E-state index < -0.39 is 6.10 Å². The Hall–Kier alpha value is -2.89. The molecule has 0 aromatic heterocycles. The van der Waals surface area contributed by atoms with Crippen molar-refractivity contribution in [3.05, 3.63) is 40.5 Å². The molecule has 6 heteroatoms. The Balaban J connectivity index is 2.12. The van der Waals surface area contributed by atoms with Gasteiger partial charge in [-0.15, -0.1) is 0 Å². The van der Waals surface area contributed by atoms with Crippen LogP contribution >= 0.6 is 0 Å². The Morgan fingerprint density at radius 2 is 1.83 bits per heavy atom. The first-order chi connectivity index (χ1) is 11.3. The van der Waals surface area contributed by atoms with Crippen LogP contribution in [0.5, 0.6) is 28.7 Å². The maximum absolute atomic E-state index is 12.5. The number of carbonyl (C=O) groups excluding carboxylic acids is 1. The zero-order valence-corrected chi connectivity index (χ0v) is 13.6. The van der Waals surface area contributed by atoms with Crippen LogP contribution in [0.1, 0.15) is 39.6 Å². The third kappa shape index (κ3) is 2.31. The lowest BCUT2D eigenvalue weighted by Gasteiger charge is -2.29. The maximum atomic E-state index is 12.5. The fourth-order valence-corrected chi connectivity index (χ4v) is 2.93. The zero-order chi connectivity index (χ0) is 17.6. The molecule has 0 aliphatic carbocycles. The van der Waals surface area contributed by atoms with Crippen LogP contribution in [0, 0.1) is 13.8 Å². The van der Waals surface area contributed by atoms with Gasteiger partial charge in [0.1, 0.15) is 40.4 Å². The molecule has 1 atom stereocenters. The Morgan fingerprint density at radius 1 is 1.12 bits per heavy atom. The van der Waals surface area contributed by atoms with Gasteiger partial charge in [0.2, 0.25) is 0 Å². The van der Waals surface area contributed by atoms with Gasteiger partial charge in [-0.3, -0.25) is 4.79 Å². The van der Waals surface area contributed by atoms with Crippen molar-refractivity contribution in [3.8, 4) is 28.7 Å². The summed E-state index contributed by atoms with van der Waals surface area (Å²) >= 11 is 0. The lowest BCUT2D eigenvalue weighted by atomic mass is 9.91. The maximum Gasteiger partial charge on any atom is 0.174 e. The summed E-state index contributed by atoms with van der Waals surface area (Å²) in [5, 5.41) is 30.4. The Kier molecular flexibility index (Phi) is 3.75. The van der Waals surface area contributed by atoms with Crippen molar-refractivity contribution >= 4 is 5.78 Å². The molecule has 0 bridgehead atoms. The van der Waals surface area contributed by atoms with Gasteiger partial charge < -0.3 is 24.8 Å². The fourth-order valence-electron chi connectivity index (χ4n) is 2.93. The molecule has 2 aromatic carbocycles. The van der Waals surface area contributed by atoms with Gasteiger partial charge in [-0.05, 0) is 32.0 Å². The molecule has 1 aliphatic rings. The van der Waals surface area contributed by atoms with Crippen molar-refractivity contribution in [2.24, 2.45) is 0 Å². The van der Waals surface area contributed by atoms with Crippen molar-refractivity contribution in [2.75, 3.05) is 7.11 Å². The minimum absolute atomic E-state index is 0.0183. The van der Waals surface area contributed by atoms with Crippen LogP contribution in [0.4, 0.5) is 0 Å². The highest BCUT2D eigenvalue weighted by Gasteiger charge is 2.35. The van der Waals surface area contributed by atoms with E-state index in [2.05, 4.69) is 0 Å². The summed E-state index contributed by atoms with van der Waals surface area (Å²) in [6.45, 7) is 3.15. The molecule has 0 spiro atoms. The van der Waals surface area contributed by atoms with Gasteiger partial charge in [0.25, 0.3) is 0 Å². The van der Waals surface area contributed by atoms with E-state index in [0.29, 0.717) is 16.9 Å². The molecule has 0 amide bonds. The second-order valence-corrected chi connectivity index (χ2v) is 5.81. The summed E-state index contributed by atoms with van der Waals surface area (Å²) in [7, 11) is 1.50. The average molecular weight is 330 g/mol. The van der Waals surface area contributed by atoms with Gasteiger partial charge in [0.05, 0.1) is 13.5 Å². The fraction of sp³-hybridized carbons (Fsp3) is 0.278. The Bertz CT molecular complexity index is 840. The predicted molar refractivity (Wildman–Crippen MR) is 86.2 cm³/mol. The van der Waals surface area contributed by atoms with Crippen LogP contribution in [-0.2, 0) is 0 Å². The number of methoxy groups -OCH3 is 1. The van der Waals surface area contributed by atoms with E-state index >= 15 is 0 Å². The summed E-state index contributed by atoms with van der Waals surface area (Å²) in [5.74, 6) is -0.0570. The number of phenols is 3. The van der Waals surface area contributed by atoms with E-state index in [9.17, 15) is 20.1 Å². The number of hydrogen-bond acceptors (Lipinski definition) is 6. The summed E-state index contributed by atoms with van der Waals surface area (Å²) in [6.07, 6.45) is -0.773. The molecule has 0 saturated carbocycles. The van der Waals surface area contributed by atoms with Crippen LogP contribution in [-0.4, -0.2) is 28.2 Å². The van der Waals surface area contributed by atoms with Gasteiger partial charge >= 0.3 is 0 Å². The van der Waals surface area contributed by atoms with Crippen molar-refractivity contribution in [1.29, 1.82) is 0 Å². The van der Waals surface area contributed by atoms with Gasteiger partial charge in [0.15, 0.2) is 5.78 Å². The second-order valence-electron chi connectivity index (χ2n) is 5.81. The van der Waals surface area contributed by atoms with Crippen LogP contribution in [0.3, 0.4) is 0 Å². The van der Waals surface area contributed by atoms with Gasteiger partial charge in [-0.1, -0.05) is 0 Å². The molecular weight excluding hydrogens is 312 g/mol. The second kappa shape index (κ2) is 5.63. The molecule has 3 rings (SSSR count). The lowest BCUT2D eigenvalue weighted by Crippen LogP contribution is -2.21. The molecule has 2 aromatic rings. The van der Waals surface area contributed by atoms with E-state index in [1.54, 1.807) is 19.1 Å². The van der Waals surface area contributed by atoms with Crippen molar-refractivity contribution in [2.45, 2.75) is 26.4 Å². The summed E-state index contributed by atoms with van der Waals surface area (Å²) in [5.41, 5.74) is 1.10. The molecule has 3 N–H and O–H groups in total. The van der Waals surface area contributed by atoms with E-state index in [1.165, 1.54) is 20.1 Å². The standard InChI is InChI=1S/C18H18O6/c1-8-16(21)9(2)18-15(17(8)22)13(20)7-14(24-18)11-6-10(23-3)4-5-12(11)19/h4-6,14,19,21-22H,7H2,1-3H3/t14-/m0/s1. The average Bonchev–Trinajstić information content (AvgIpc) is 2.57. The van der Waals surface area contributed by atoms with E-state index in [1.807, 2.05) is 0 Å². The van der Waals surface area contributed by atoms with Crippen molar-refractivity contribution < 1.29 is 29.6 Å². The predicted octanol–water partition coefficient (Wildman–Crippen LogP) is 3.14. The number of hydrogen-bond donors (Lipinski definition) is 3. The molecule has 0 unspecified atom stereocenters. The molecule has 126 valence electrons. The highest BCUT2D eigenvalue weighted by molar-refractivity contribution is 6.03. The molecule has 24 heavy (non-hydrogen) atoms. The largest absolute Gasteiger partial charge is 0.508 e. The normalized spacial score (nSPS) is 16.5. The van der Waals surface area contributed by atoms with E-state index in [0.717, 1.165) is 0 Å². The molecule has 0 radical (unpaired) electrons. The number of rotatable bonds is 2. The van der Waals surface area contributed by atoms with Crippen LogP contribution in [0.15, 0.2) is 18.2 Å². The third-order valence-corrected chi connectivity index (χ3v) is 4.36. The smallest absolute Gasteiger partial charge is 0.174 e. The van der Waals surface area contributed by atoms with Crippen LogP contribution in [0.25, 0.3) is 0 Å². The van der Waals surface area contributed by atoms with Crippen LogP contribution in [0.2, 0.25) is 0 Å². The zero-order valence-electron chi connectivity index (χ0n) is 13.6. The third-order valence-electron chi connectivity index (χ3n) is 4.36.